The van der Waals surface area contributed by atoms with E-state index in [-0.39, 0.29) is 5.91 Å². The van der Waals surface area contributed by atoms with Crippen LogP contribution in [-0.2, 0) is 17.9 Å². The van der Waals surface area contributed by atoms with Crippen molar-refractivity contribution in [1.29, 1.82) is 0 Å². The first kappa shape index (κ1) is 13.9. The highest BCUT2D eigenvalue weighted by Gasteiger charge is 2.27. The van der Waals surface area contributed by atoms with Crippen LogP contribution in [0.15, 0.2) is 65.7 Å². The molecule has 0 unspecified atom stereocenters. The average molecular weight is 296 g/mol. The minimum atomic E-state index is 0.135. The summed E-state index contributed by atoms with van der Waals surface area (Å²) in [6.07, 6.45) is 0. The highest BCUT2D eigenvalue weighted by molar-refractivity contribution is 8.15. The van der Waals surface area contributed by atoms with Crippen molar-refractivity contribution in [3.05, 3.63) is 71.8 Å². The zero-order chi connectivity index (χ0) is 14.5. The molecular weight excluding hydrogens is 280 g/mol. The number of carbonyl (C=O) groups excluding carboxylic acids is 1. The third kappa shape index (κ3) is 3.52. The summed E-state index contributed by atoms with van der Waals surface area (Å²) in [5.74, 6) is 0.621. The van der Waals surface area contributed by atoms with Crippen LogP contribution >= 0.6 is 11.8 Å². The first-order valence-corrected chi connectivity index (χ1v) is 7.87. The molecule has 1 saturated heterocycles. The van der Waals surface area contributed by atoms with E-state index in [0.717, 1.165) is 16.3 Å². The second-order valence-corrected chi connectivity index (χ2v) is 5.78. The number of aliphatic imine (C=N–C) groups is 1. The van der Waals surface area contributed by atoms with Crippen LogP contribution in [0.2, 0.25) is 0 Å². The maximum atomic E-state index is 12.0. The lowest BCUT2D eigenvalue weighted by Gasteiger charge is -2.16. The van der Waals surface area contributed by atoms with E-state index in [0.29, 0.717) is 18.8 Å². The minimum absolute atomic E-state index is 0.135. The molecule has 0 bridgehead atoms. The normalized spacial score (nSPS) is 16.7. The van der Waals surface area contributed by atoms with E-state index in [2.05, 4.69) is 4.99 Å². The average Bonchev–Trinajstić information content (AvgIpc) is 2.88. The van der Waals surface area contributed by atoms with Crippen molar-refractivity contribution in [3.8, 4) is 0 Å². The molecule has 1 fully saturated rings. The highest BCUT2D eigenvalue weighted by Crippen LogP contribution is 2.22. The Bertz CT molecular complexity index is 640. The number of hydrogen-bond donors (Lipinski definition) is 0. The molecule has 4 heteroatoms. The third-order valence-electron chi connectivity index (χ3n) is 3.28. The van der Waals surface area contributed by atoms with Crippen LogP contribution in [0.5, 0.6) is 0 Å². The molecule has 2 aromatic rings. The summed E-state index contributed by atoms with van der Waals surface area (Å²) in [4.78, 5) is 18.4. The third-order valence-corrected chi connectivity index (χ3v) is 4.28. The van der Waals surface area contributed by atoms with E-state index in [1.165, 1.54) is 11.8 Å². The van der Waals surface area contributed by atoms with Gasteiger partial charge in [-0.3, -0.25) is 14.7 Å². The van der Waals surface area contributed by atoms with Gasteiger partial charge in [0.25, 0.3) is 0 Å². The Morgan fingerprint density at radius 3 is 2.24 bits per heavy atom. The van der Waals surface area contributed by atoms with Gasteiger partial charge in [-0.25, -0.2) is 0 Å². The summed E-state index contributed by atoms with van der Waals surface area (Å²) in [5.41, 5.74) is 2.28. The Labute approximate surface area is 128 Å². The van der Waals surface area contributed by atoms with Gasteiger partial charge in [0, 0.05) is 0 Å². The zero-order valence-corrected chi connectivity index (χ0v) is 12.4. The van der Waals surface area contributed by atoms with Crippen LogP contribution < -0.4 is 0 Å². The molecule has 21 heavy (non-hydrogen) atoms. The van der Waals surface area contributed by atoms with Crippen molar-refractivity contribution in [3.63, 3.8) is 0 Å². The molecule has 106 valence electrons. The van der Waals surface area contributed by atoms with Crippen molar-refractivity contribution < 1.29 is 4.79 Å². The molecule has 1 aliphatic heterocycles. The molecule has 0 saturated carbocycles. The van der Waals surface area contributed by atoms with Crippen molar-refractivity contribution in [1.82, 2.24) is 4.90 Å². The quantitative estimate of drug-likeness (QED) is 0.867. The van der Waals surface area contributed by atoms with Crippen molar-refractivity contribution >= 4 is 22.8 Å². The molecular formula is C17H16N2OS. The lowest BCUT2D eigenvalue weighted by atomic mass is 10.2. The van der Waals surface area contributed by atoms with Gasteiger partial charge in [0.05, 0.1) is 18.8 Å². The van der Waals surface area contributed by atoms with Crippen molar-refractivity contribution in [2.75, 3.05) is 5.75 Å². The molecule has 0 radical (unpaired) electrons. The van der Waals surface area contributed by atoms with Crippen LogP contribution in [0, 0.1) is 0 Å². The van der Waals surface area contributed by atoms with Gasteiger partial charge in [0.15, 0.2) is 5.17 Å². The lowest BCUT2D eigenvalue weighted by molar-refractivity contribution is -0.124. The Kier molecular flexibility index (Phi) is 4.36. The van der Waals surface area contributed by atoms with Crippen LogP contribution in [0.1, 0.15) is 11.1 Å². The largest absolute Gasteiger partial charge is 0.286 e. The predicted octanol–water partition coefficient (Wildman–Crippen LogP) is 3.32. The summed E-state index contributed by atoms with van der Waals surface area (Å²) in [7, 11) is 0. The second kappa shape index (κ2) is 6.59. The number of thioether (sulfide) groups is 1. The summed E-state index contributed by atoms with van der Waals surface area (Å²) in [6, 6.07) is 20.1. The number of carbonyl (C=O) groups is 1. The number of nitrogens with zero attached hydrogens (tertiary/aromatic N) is 2. The van der Waals surface area contributed by atoms with Gasteiger partial charge in [-0.05, 0) is 11.1 Å². The Morgan fingerprint density at radius 2 is 1.57 bits per heavy atom. The van der Waals surface area contributed by atoms with Crippen molar-refractivity contribution in [2.45, 2.75) is 13.1 Å². The van der Waals surface area contributed by atoms with Gasteiger partial charge < -0.3 is 0 Å². The van der Waals surface area contributed by atoms with Crippen LogP contribution in [0.3, 0.4) is 0 Å². The number of rotatable bonds is 4. The molecule has 0 aliphatic carbocycles. The van der Waals surface area contributed by atoms with Gasteiger partial charge in [0.2, 0.25) is 5.91 Å². The minimum Gasteiger partial charge on any atom is -0.286 e. The fourth-order valence-corrected chi connectivity index (χ4v) is 3.07. The molecule has 0 atom stereocenters. The fourth-order valence-electron chi connectivity index (χ4n) is 2.18. The molecule has 0 N–H and O–H groups in total. The predicted molar refractivity (Wildman–Crippen MR) is 87.0 cm³/mol. The Balaban J connectivity index is 1.73. The Morgan fingerprint density at radius 1 is 0.952 bits per heavy atom. The Hall–Kier alpha value is -2.07. The molecule has 0 aromatic heterocycles. The number of amidine groups is 1. The lowest BCUT2D eigenvalue weighted by Crippen LogP contribution is -2.29. The van der Waals surface area contributed by atoms with Crippen LogP contribution in [-0.4, -0.2) is 21.7 Å². The first-order valence-electron chi connectivity index (χ1n) is 6.88. The number of hydrogen-bond acceptors (Lipinski definition) is 3. The van der Waals surface area contributed by atoms with Gasteiger partial charge in [-0.15, -0.1) is 0 Å². The molecule has 3 rings (SSSR count). The molecule has 1 amide bonds. The van der Waals surface area contributed by atoms with Gasteiger partial charge in [0.1, 0.15) is 0 Å². The second-order valence-electron chi connectivity index (χ2n) is 4.84. The van der Waals surface area contributed by atoms with E-state index in [4.69, 9.17) is 0 Å². The molecule has 3 nitrogen and oxygen atoms in total. The molecule has 2 aromatic carbocycles. The van der Waals surface area contributed by atoms with Crippen LogP contribution in [0.25, 0.3) is 0 Å². The van der Waals surface area contributed by atoms with E-state index in [9.17, 15) is 4.79 Å². The smallest absolute Gasteiger partial charge is 0.239 e. The number of benzene rings is 2. The summed E-state index contributed by atoms with van der Waals surface area (Å²) in [6.45, 7) is 1.21. The monoisotopic (exact) mass is 296 g/mol. The van der Waals surface area contributed by atoms with E-state index >= 15 is 0 Å². The van der Waals surface area contributed by atoms with E-state index < -0.39 is 0 Å². The van der Waals surface area contributed by atoms with Gasteiger partial charge in [-0.2, -0.15) is 0 Å². The van der Waals surface area contributed by atoms with Crippen molar-refractivity contribution in [2.24, 2.45) is 4.99 Å². The first-order chi connectivity index (χ1) is 10.3. The summed E-state index contributed by atoms with van der Waals surface area (Å²) < 4.78 is 0. The van der Waals surface area contributed by atoms with E-state index in [1.54, 1.807) is 4.90 Å². The summed E-state index contributed by atoms with van der Waals surface area (Å²) >= 11 is 1.52. The van der Waals surface area contributed by atoms with Gasteiger partial charge >= 0.3 is 0 Å². The van der Waals surface area contributed by atoms with Crippen LogP contribution in [0.4, 0.5) is 0 Å². The fraction of sp³-hybridized carbons (Fsp3) is 0.176. The van der Waals surface area contributed by atoms with Gasteiger partial charge in [-0.1, -0.05) is 72.4 Å². The zero-order valence-electron chi connectivity index (χ0n) is 11.6. The maximum absolute atomic E-state index is 12.0. The SMILES string of the molecule is O=C1CSC(=NCc2ccccc2)N1Cc1ccccc1. The standard InChI is InChI=1S/C17H16N2OS/c20-16-13-21-17(18-11-14-7-3-1-4-8-14)19(16)12-15-9-5-2-6-10-15/h1-10H,11-13H2. The molecule has 1 aliphatic rings. The topological polar surface area (TPSA) is 32.7 Å². The molecule has 0 spiro atoms. The number of amides is 1. The summed E-state index contributed by atoms with van der Waals surface area (Å²) in [5, 5.41) is 0.827. The highest BCUT2D eigenvalue weighted by atomic mass is 32.2. The molecule has 1 heterocycles. The van der Waals surface area contributed by atoms with E-state index in [1.807, 2.05) is 60.7 Å². The maximum Gasteiger partial charge on any atom is 0.239 e.